The first kappa shape index (κ1) is 13.3. The Hall–Kier alpha value is -2.10. The third kappa shape index (κ3) is 2.67. The van der Waals surface area contributed by atoms with Crippen molar-refractivity contribution in [3.8, 4) is 0 Å². The van der Waals surface area contributed by atoms with E-state index in [0.717, 1.165) is 5.56 Å². The first-order chi connectivity index (χ1) is 9.15. The van der Waals surface area contributed by atoms with E-state index in [2.05, 4.69) is 4.98 Å². The molecule has 0 saturated carbocycles. The number of rotatable bonds is 4. The summed E-state index contributed by atoms with van der Waals surface area (Å²) in [5, 5.41) is 0. The number of nitrogens with zero attached hydrogens (tertiary/aromatic N) is 2. The molecule has 100 valence electrons. The zero-order valence-electron chi connectivity index (χ0n) is 11.5. The van der Waals surface area contributed by atoms with Crippen molar-refractivity contribution in [1.29, 1.82) is 0 Å². The van der Waals surface area contributed by atoms with Crippen LogP contribution in [0.25, 0.3) is 0 Å². The molecule has 0 radical (unpaired) electrons. The maximum absolute atomic E-state index is 12.0. The van der Waals surface area contributed by atoms with Gasteiger partial charge < -0.3 is 9.30 Å². The third-order valence-electron chi connectivity index (χ3n) is 3.14. The van der Waals surface area contributed by atoms with Crippen LogP contribution in [0, 0.1) is 6.92 Å². The molecule has 0 saturated heterocycles. The number of hydrogen-bond acceptors (Lipinski definition) is 3. The van der Waals surface area contributed by atoms with Crippen molar-refractivity contribution in [3.63, 3.8) is 0 Å². The SMILES string of the molecule is CCOC(=O)c1c(C)ncn1C(C)c1ccccc1. The number of imidazole rings is 1. The summed E-state index contributed by atoms with van der Waals surface area (Å²) in [6.45, 7) is 6.03. The highest BCUT2D eigenvalue weighted by atomic mass is 16.5. The van der Waals surface area contributed by atoms with Crippen molar-refractivity contribution < 1.29 is 9.53 Å². The smallest absolute Gasteiger partial charge is 0.356 e. The van der Waals surface area contributed by atoms with Crippen molar-refractivity contribution in [2.24, 2.45) is 0 Å². The van der Waals surface area contributed by atoms with Gasteiger partial charge in [-0.05, 0) is 26.3 Å². The summed E-state index contributed by atoms with van der Waals surface area (Å²) in [4.78, 5) is 16.2. The lowest BCUT2D eigenvalue weighted by molar-refractivity contribution is 0.0511. The Morgan fingerprint density at radius 2 is 2.05 bits per heavy atom. The molecule has 4 nitrogen and oxygen atoms in total. The summed E-state index contributed by atoms with van der Waals surface area (Å²) in [5.41, 5.74) is 2.35. The normalized spacial score (nSPS) is 12.2. The van der Waals surface area contributed by atoms with Gasteiger partial charge in [0.05, 0.1) is 24.7 Å². The lowest BCUT2D eigenvalue weighted by Crippen LogP contribution is -2.16. The van der Waals surface area contributed by atoms with Gasteiger partial charge in [-0.15, -0.1) is 0 Å². The van der Waals surface area contributed by atoms with Gasteiger partial charge in [0.25, 0.3) is 0 Å². The van der Waals surface area contributed by atoms with Crippen LogP contribution in [0.2, 0.25) is 0 Å². The van der Waals surface area contributed by atoms with Crippen LogP contribution in [0.1, 0.15) is 41.6 Å². The fourth-order valence-corrected chi connectivity index (χ4v) is 2.09. The van der Waals surface area contributed by atoms with Gasteiger partial charge in [0.1, 0.15) is 0 Å². The molecule has 1 atom stereocenters. The molecule has 0 N–H and O–H groups in total. The molecule has 0 amide bonds. The van der Waals surface area contributed by atoms with Crippen molar-refractivity contribution in [3.05, 3.63) is 53.6 Å². The van der Waals surface area contributed by atoms with Gasteiger partial charge in [-0.2, -0.15) is 0 Å². The van der Waals surface area contributed by atoms with Gasteiger partial charge in [-0.1, -0.05) is 30.3 Å². The number of aromatic nitrogens is 2. The van der Waals surface area contributed by atoms with Gasteiger partial charge in [0, 0.05) is 0 Å². The number of carbonyl (C=O) groups is 1. The van der Waals surface area contributed by atoms with E-state index >= 15 is 0 Å². The van der Waals surface area contributed by atoms with Crippen LogP contribution < -0.4 is 0 Å². The fraction of sp³-hybridized carbons (Fsp3) is 0.333. The van der Waals surface area contributed by atoms with Crippen LogP contribution in [-0.2, 0) is 4.74 Å². The van der Waals surface area contributed by atoms with Crippen molar-refractivity contribution >= 4 is 5.97 Å². The van der Waals surface area contributed by atoms with Crippen LogP contribution in [0.5, 0.6) is 0 Å². The molecular formula is C15H18N2O2. The monoisotopic (exact) mass is 258 g/mol. The summed E-state index contributed by atoms with van der Waals surface area (Å²) in [7, 11) is 0. The van der Waals surface area contributed by atoms with Crippen LogP contribution >= 0.6 is 0 Å². The standard InChI is InChI=1S/C15H18N2O2/c1-4-19-15(18)14-11(2)16-10-17(14)12(3)13-8-6-5-7-9-13/h5-10,12H,4H2,1-3H3. The molecule has 0 bridgehead atoms. The Balaban J connectivity index is 2.38. The Morgan fingerprint density at radius 1 is 1.37 bits per heavy atom. The number of esters is 1. The minimum absolute atomic E-state index is 0.0433. The Morgan fingerprint density at radius 3 is 2.68 bits per heavy atom. The lowest BCUT2D eigenvalue weighted by atomic mass is 10.1. The molecule has 19 heavy (non-hydrogen) atoms. The zero-order chi connectivity index (χ0) is 13.8. The van der Waals surface area contributed by atoms with Gasteiger partial charge in [-0.25, -0.2) is 9.78 Å². The van der Waals surface area contributed by atoms with E-state index in [1.54, 1.807) is 13.3 Å². The molecule has 0 aliphatic carbocycles. The third-order valence-corrected chi connectivity index (χ3v) is 3.14. The number of ether oxygens (including phenoxy) is 1. The topological polar surface area (TPSA) is 44.1 Å². The summed E-state index contributed by atoms with van der Waals surface area (Å²) < 4.78 is 6.96. The number of benzene rings is 1. The lowest BCUT2D eigenvalue weighted by Gasteiger charge is -2.16. The Labute approximate surface area is 113 Å². The zero-order valence-corrected chi connectivity index (χ0v) is 11.5. The van der Waals surface area contributed by atoms with E-state index in [0.29, 0.717) is 18.0 Å². The minimum Gasteiger partial charge on any atom is -0.461 e. The predicted molar refractivity (Wildman–Crippen MR) is 73.2 cm³/mol. The summed E-state index contributed by atoms with van der Waals surface area (Å²) >= 11 is 0. The van der Waals surface area contributed by atoms with E-state index < -0.39 is 0 Å². The second-order valence-corrected chi connectivity index (χ2v) is 4.39. The van der Waals surface area contributed by atoms with E-state index in [9.17, 15) is 4.79 Å². The molecule has 0 spiro atoms. The van der Waals surface area contributed by atoms with E-state index in [-0.39, 0.29) is 12.0 Å². The summed E-state index contributed by atoms with van der Waals surface area (Å²) in [6.07, 6.45) is 1.69. The van der Waals surface area contributed by atoms with Crippen LogP contribution in [0.4, 0.5) is 0 Å². The van der Waals surface area contributed by atoms with Crippen molar-refractivity contribution in [2.45, 2.75) is 26.8 Å². The van der Waals surface area contributed by atoms with Crippen LogP contribution in [0.3, 0.4) is 0 Å². The minimum atomic E-state index is -0.319. The maximum Gasteiger partial charge on any atom is 0.356 e. The average Bonchev–Trinajstić information content (AvgIpc) is 2.81. The molecule has 0 aliphatic rings. The second-order valence-electron chi connectivity index (χ2n) is 4.39. The second kappa shape index (κ2) is 5.69. The number of carbonyl (C=O) groups excluding carboxylic acids is 1. The van der Waals surface area contributed by atoms with Crippen molar-refractivity contribution in [1.82, 2.24) is 9.55 Å². The highest BCUT2D eigenvalue weighted by Gasteiger charge is 2.21. The molecular weight excluding hydrogens is 240 g/mol. The predicted octanol–water partition coefficient (Wildman–Crippen LogP) is 2.98. The number of hydrogen-bond donors (Lipinski definition) is 0. The average molecular weight is 258 g/mol. The quantitative estimate of drug-likeness (QED) is 0.792. The van der Waals surface area contributed by atoms with Gasteiger partial charge in [-0.3, -0.25) is 0 Å². The fourth-order valence-electron chi connectivity index (χ4n) is 2.09. The first-order valence-corrected chi connectivity index (χ1v) is 6.40. The van der Waals surface area contributed by atoms with Crippen LogP contribution in [-0.4, -0.2) is 22.1 Å². The molecule has 1 aromatic heterocycles. The molecule has 4 heteroatoms. The molecule has 1 unspecified atom stereocenters. The Bertz CT molecular complexity index is 561. The summed E-state index contributed by atoms with van der Waals surface area (Å²) in [6, 6.07) is 10.1. The molecule has 2 rings (SSSR count). The van der Waals surface area contributed by atoms with E-state index in [4.69, 9.17) is 4.74 Å². The number of aryl methyl sites for hydroxylation is 1. The molecule has 2 aromatic rings. The molecule has 0 fully saturated rings. The highest BCUT2D eigenvalue weighted by molar-refractivity contribution is 5.88. The van der Waals surface area contributed by atoms with Crippen molar-refractivity contribution in [2.75, 3.05) is 6.61 Å². The van der Waals surface area contributed by atoms with E-state index in [1.807, 2.05) is 48.7 Å². The molecule has 1 heterocycles. The largest absolute Gasteiger partial charge is 0.461 e. The van der Waals surface area contributed by atoms with E-state index in [1.165, 1.54) is 0 Å². The first-order valence-electron chi connectivity index (χ1n) is 6.40. The highest BCUT2D eigenvalue weighted by Crippen LogP contribution is 2.21. The van der Waals surface area contributed by atoms with Gasteiger partial charge in [0.15, 0.2) is 5.69 Å². The molecule has 0 aliphatic heterocycles. The van der Waals surface area contributed by atoms with Gasteiger partial charge >= 0.3 is 5.97 Å². The summed E-state index contributed by atoms with van der Waals surface area (Å²) in [5.74, 6) is -0.319. The van der Waals surface area contributed by atoms with Crippen LogP contribution in [0.15, 0.2) is 36.7 Å². The Kier molecular flexibility index (Phi) is 4.00. The van der Waals surface area contributed by atoms with Gasteiger partial charge in [0.2, 0.25) is 0 Å². The molecule has 1 aromatic carbocycles. The maximum atomic E-state index is 12.0.